The van der Waals surface area contributed by atoms with Crippen molar-refractivity contribution in [2.24, 2.45) is 0 Å². The Morgan fingerprint density at radius 2 is 2.00 bits per heavy atom. The lowest BCUT2D eigenvalue weighted by Crippen LogP contribution is -2.03. The van der Waals surface area contributed by atoms with Crippen LogP contribution in [0.1, 0.15) is 21.6 Å². The molecule has 0 aliphatic carbocycles. The molecule has 1 heterocycles. The van der Waals surface area contributed by atoms with E-state index in [1.54, 1.807) is 0 Å². The highest BCUT2D eigenvalue weighted by Crippen LogP contribution is 2.19. The number of aryl methyl sites for hydroxylation is 2. The molecule has 0 radical (unpaired) electrons. The van der Waals surface area contributed by atoms with Crippen LogP contribution < -0.4 is 5.32 Å². The number of nitrogens with one attached hydrogen (secondary N) is 1. The molecule has 0 spiro atoms. The third kappa shape index (κ3) is 2.63. The Hall–Kier alpha value is -2.43. The van der Waals surface area contributed by atoms with Crippen LogP contribution in [-0.4, -0.2) is 21.0 Å². The summed E-state index contributed by atoms with van der Waals surface area (Å²) in [6.45, 7) is 4.02. The molecule has 0 aliphatic heterocycles. The van der Waals surface area contributed by atoms with Gasteiger partial charge in [0.2, 0.25) is 0 Å². The molecule has 0 saturated carbocycles. The van der Waals surface area contributed by atoms with Crippen LogP contribution in [0.2, 0.25) is 0 Å². The second-order valence-electron chi connectivity index (χ2n) is 4.04. The topological polar surface area (TPSA) is 75.1 Å². The molecule has 92 valence electrons. The number of anilines is 2. The monoisotopic (exact) mass is 243 g/mol. The molecule has 1 aromatic heterocycles. The first-order chi connectivity index (χ1) is 8.56. The molecule has 2 N–H and O–H groups in total. The van der Waals surface area contributed by atoms with Crippen LogP contribution in [-0.2, 0) is 0 Å². The first-order valence-electron chi connectivity index (χ1n) is 5.46. The summed E-state index contributed by atoms with van der Waals surface area (Å²) in [5, 5.41) is 11.8. The van der Waals surface area contributed by atoms with Gasteiger partial charge in [0, 0.05) is 5.69 Å². The summed E-state index contributed by atoms with van der Waals surface area (Å²) in [5.74, 6) is -0.562. The average Bonchev–Trinajstić information content (AvgIpc) is 2.33. The van der Waals surface area contributed by atoms with Crippen LogP contribution in [0.5, 0.6) is 0 Å². The van der Waals surface area contributed by atoms with E-state index in [-0.39, 0.29) is 5.69 Å². The number of carbonyl (C=O) groups is 1. The van der Waals surface area contributed by atoms with Gasteiger partial charge in [-0.15, -0.1) is 0 Å². The van der Waals surface area contributed by atoms with Gasteiger partial charge < -0.3 is 10.4 Å². The number of aromatic nitrogens is 2. The minimum Gasteiger partial charge on any atom is -0.476 e. The molecule has 0 saturated heterocycles. The predicted octanol–water partition coefficient (Wildman–Crippen LogP) is 2.54. The van der Waals surface area contributed by atoms with Gasteiger partial charge in [-0.2, -0.15) is 0 Å². The van der Waals surface area contributed by atoms with Crippen molar-refractivity contribution in [1.29, 1.82) is 0 Å². The maximum Gasteiger partial charge on any atom is 0.356 e. The zero-order valence-electron chi connectivity index (χ0n) is 10.1. The highest BCUT2D eigenvalue weighted by atomic mass is 16.4. The van der Waals surface area contributed by atoms with E-state index in [1.165, 1.54) is 18.0 Å². The van der Waals surface area contributed by atoms with Crippen LogP contribution in [0.25, 0.3) is 0 Å². The van der Waals surface area contributed by atoms with Crippen molar-refractivity contribution in [2.75, 3.05) is 5.32 Å². The number of nitrogens with zero attached hydrogens (tertiary/aromatic N) is 2. The third-order valence-corrected chi connectivity index (χ3v) is 2.52. The van der Waals surface area contributed by atoms with Crippen LogP contribution in [0.3, 0.4) is 0 Å². The molecule has 2 rings (SSSR count). The van der Waals surface area contributed by atoms with Gasteiger partial charge in [-0.1, -0.05) is 17.7 Å². The van der Waals surface area contributed by atoms with E-state index in [0.717, 1.165) is 11.3 Å². The number of rotatable bonds is 3. The third-order valence-electron chi connectivity index (χ3n) is 2.52. The fraction of sp³-hybridized carbons (Fsp3) is 0.154. The van der Waals surface area contributed by atoms with Gasteiger partial charge in [-0.25, -0.2) is 14.8 Å². The second kappa shape index (κ2) is 4.83. The first kappa shape index (κ1) is 12.0. The normalized spacial score (nSPS) is 10.1. The Morgan fingerprint density at radius 3 is 2.56 bits per heavy atom. The summed E-state index contributed by atoms with van der Waals surface area (Å²) in [6, 6.07) is 6.01. The Morgan fingerprint density at radius 1 is 1.22 bits per heavy atom. The van der Waals surface area contributed by atoms with Crippen molar-refractivity contribution in [2.45, 2.75) is 13.8 Å². The van der Waals surface area contributed by atoms with E-state index in [2.05, 4.69) is 21.4 Å². The average molecular weight is 243 g/mol. The Kier molecular flexibility index (Phi) is 3.23. The minimum atomic E-state index is -1.08. The summed E-state index contributed by atoms with van der Waals surface area (Å²) >= 11 is 0. The second-order valence-corrected chi connectivity index (χ2v) is 4.04. The van der Waals surface area contributed by atoms with E-state index >= 15 is 0 Å². The Bertz CT molecular complexity index is 579. The van der Waals surface area contributed by atoms with E-state index in [9.17, 15) is 4.79 Å². The first-order valence-corrected chi connectivity index (χ1v) is 5.46. The highest BCUT2D eigenvalue weighted by molar-refractivity contribution is 5.85. The fourth-order valence-corrected chi connectivity index (χ4v) is 1.59. The van der Waals surface area contributed by atoms with Crippen molar-refractivity contribution in [3.8, 4) is 0 Å². The standard InChI is InChI=1S/C13H13N3O2/c1-8-3-4-10(9(2)5-8)16-12-7-14-11(6-15-12)13(17)18/h3-7H,1-2H3,(H,15,16)(H,17,18). The van der Waals surface area contributed by atoms with Gasteiger partial charge in [-0.3, -0.25) is 0 Å². The number of benzene rings is 1. The van der Waals surface area contributed by atoms with Gasteiger partial charge in [0.05, 0.1) is 12.4 Å². The summed E-state index contributed by atoms with van der Waals surface area (Å²) in [6.07, 6.45) is 2.64. The zero-order valence-corrected chi connectivity index (χ0v) is 10.1. The maximum absolute atomic E-state index is 10.6. The lowest BCUT2D eigenvalue weighted by atomic mass is 10.1. The molecule has 0 unspecified atom stereocenters. The maximum atomic E-state index is 10.6. The van der Waals surface area contributed by atoms with Crippen LogP contribution in [0.4, 0.5) is 11.5 Å². The molecule has 2 aromatic rings. The number of aromatic carboxylic acids is 1. The number of carboxylic acid groups (broad SMARTS) is 1. The molecule has 0 atom stereocenters. The summed E-state index contributed by atoms with van der Waals surface area (Å²) in [7, 11) is 0. The van der Waals surface area contributed by atoms with Crippen molar-refractivity contribution >= 4 is 17.5 Å². The smallest absolute Gasteiger partial charge is 0.356 e. The Balaban J connectivity index is 2.21. The van der Waals surface area contributed by atoms with E-state index < -0.39 is 5.97 Å². The van der Waals surface area contributed by atoms with Crippen LogP contribution in [0.15, 0.2) is 30.6 Å². The molecule has 1 aromatic carbocycles. The molecule has 0 aliphatic rings. The molecule has 0 bridgehead atoms. The summed E-state index contributed by atoms with van der Waals surface area (Å²) < 4.78 is 0. The predicted molar refractivity (Wildman–Crippen MR) is 68.2 cm³/mol. The summed E-state index contributed by atoms with van der Waals surface area (Å²) in [5.41, 5.74) is 3.14. The van der Waals surface area contributed by atoms with E-state index in [0.29, 0.717) is 5.82 Å². The molecule has 0 amide bonds. The lowest BCUT2D eigenvalue weighted by Gasteiger charge is -2.09. The van der Waals surface area contributed by atoms with Crippen molar-refractivity contribution in [3.63, 3.8) is 0 Å². The lowest BCUT2D eigenvalue weighted by molar-refractivity contribution is 0.0690. The van der Waals surface area contributed by atoms with Gasteiger partial charge in [0.15, 0.2) is 5.69 Å². The van der Waals surface area contributed by atoms with Gasteiger partial charge >= 0.3 is 5.97 Å². The SMILES string of the molecule is Cc1ccc(Nc2cnc(C(=O)O)cn2)c(C)c1. The molecule has 5 nitrogen and oxygen atoms in total. The fourth-order valence-electron chi connectivity index (χ4n) is 1.59. The molecule has 0 fully saturated rings. The van der Waals surface area contributed by atoms with Crippen molar-refractivity contribution in [1.82, 2.24) is 9.97 Å². The quantitative estimate of drug-likeness (QED) is 0.866. The highest BCUT2D eigenvalue weighted by Gasteiger charge is 2.05. The van der Waals surface area contributed by atoms with Crippen LogP contribution >= 0.6 is 0 Å². The van der Waals surface area contributed by atoms with Gasteiger partial charge in [0.1, 0.15) is 5.82 Å². The molecule has 5 heteroatoms. The number of hydrogen-bond acceptors (Lipinski definition) is 4. The largest absolute Gasteiger partial charge is 0.476 e. The van der Waals surface area contributed by atoms with E-state index in [1.807, 2.05) is 26.0 Å². The molecular weight excluding hydrogens is 230 g/mol. The Labute approximate surface area is 105 Å². The van der Waals surface area contributed by atoms with Crippen molar-refractivity contribution in [3.05, 3.63) is 47.4 Å². The zero-order chi connectivity index (χ0) is 13.1. The minimum absolute atomic E-state index is 0.0684. The number of hydrogen-bond donors (Lipinski definition) is 2. The molecular formula is C13H13N3O2. The van der Waals surface area contributed by atoms with E-state index in [4.69, 9.17) is 5.11 Å². The van der Waals surface area contributed by atoms with Gasteiger partial charge in [0.25, 0.3) is 0 Å². The van der Waals surface area contributed by atoms with Crippen LogP contribution in [0, 0.1) is 13.8 Å². The molecule has 18 heavy (non-hydrogen) atoms. The van der Waals surface area contributed by atoms with Gasteiger partial charge in [-0.05, 0) is 25.5 Å². The van der Waals surface area contributed by atoms with Crippen molar-refractivity contribution < 1.29 is 9.90 Å². The number of carboxylic acids is 1. The summed E-state index contributed by atoms with van der Waals surface area (Å²) in [4.78, 5) is 18.4.